The van der Waals surface area contributed by atoms with Gasteiger partial charge in [-0.25, -0.2) is 0 Å². The third kappa shape index (κ3) is 10.1. The Kier molecular flexibility index (Phi) is 6.14. The number of nitrogens with one attached hydrogen (secondary N) is 1. The third-order valence-corrected chi connectivity index (χ3v) is 3.01. The van der Waals surface area contributed by atoms with Crippen LogP contribution in [0.15, 0.2) is 12.3 Å². The number of hydrogen-bond donors (Lipinski definition) is 1. The smallest absolute Gasteiger partial charge is 0.0148 e. The molecule has 0 unspecified atom stereocenters. The average molecular weight is 225 g/mol. The van der Waals surface area contributed by atoms with Gasteiger partial charge in [-0.15, -0.1) is 0 Å². The molecule has 0 aliphatic heterocycles. The molecule has 0 saturated carbocycles. The van der Waals surface area contributed by atoms with Gasteiger partial charge in [0.15, 0.2) is 0 Å². The van der Waals surface area contributed by atoms with E-state index >= 15 is 0 Å². The lowest BCUT2D eigenvalue weighted by Crippen LogP contribution is -2.21. The topological polar surface area (TPSA) is 12.0 Å². The van der Waals surface area contributed by atoms with Crippen molar-refractivity contribution in [2.75, 3.05) is 6.54 Å². The Labute approximate surface area is 103 Å². The summed E-state index contributed by atoms with van der Waals surface area (Å²) in [5.74, 6) is 0. The predicted molar refractivity (Wildman–Crippen MR) is 74.5 cm³/mol. The fourth-order valence-electron chi connectivity index (χ4n) is 1.84. The second-order valence-electron chi connectivity index (χ2n) is 7.04. The number of rotatable bonds is 7. The van der Waals surface area contributed by atoms with Gasteiger partial charge in [-0.2, -0.15) is 0 Å². The molecule has 0 rings (SSSR count). The molecule has 0 heterocycles. The Balaban J connectivity index is 3.74. The third-order valence-electron chi connectivity index (χ3n) is 3.01. The zero-order chi connectivity index (χ0) is 12.8. The van der Waals surface area contributed by atoms with E-state index in [0.29, 0.717) is 10.8 Å². The Bertz CT molecular complexity index is 208. The van der Waals surface area contributed by atoms with E-state index in [1.807, 2.05) is 6.92 Å². The summed E-state index contributed by atoms with van der Waals surface area (Å²) >= 11 is 0. The van der Waals surface area contributed by atoms with E-state index in [4.69, 9.17) is 0 Å². The fourth-order valence-corrected chi connectivity index (χ4v) is 1.84. The van der Waals surface area contributed by atoms with Gasteiger partial charge in [-0.1, -0.05) is 47.6 Å². The standard InChI is InChI=1S/C15H31N/c1-13(2)16-12-11-15(6,7)10-8-9-14(3,4)5/h16H,1,8-12H2,2-7H3. The van der Waals surface area contributed by atoms with Gasteiger partial charge in [0.2, 0.25) is 0 Å². The molecule has 16 heavy (non-hydrogen) atoms. The molecule has 0 aliphatic rings. The molecule has 0 aromatic rings. The van der Waals surface area contributed by atoms with Crippen molar-refractivity contribution in [1.29, 1.82) is 0 Å². The summed E-state index contributed by atoms with van der Waals surface area (Å²) in [5.41, 5.74) is 2.00. The van der Waals surface area contributed by atoms with Crippen molar-refractivity contribution < 1.29 is 0 Å². The van der Waals surface area contributed by atoms with Gasteiger partial charge in [-0.05, 0) is 37.0 Å². The van der Waals surface area contributed by atoms with Crippen LogP contribution in [0.2, 0.25) is 0 Å². The highest BCUT2D eigenvalue weighted by molar-refractivity contribution is 4.85. The summed E-state index contributed by atoms with van der Waals surface area (Å²) in [7, 11) is 0. The molecule has 0 radical (unpaired) electrons. The van der Waals surface area contributed by atoms with Gasteiger partial charge in [0.05, 0.1) is 0 Å². The van der Waals surface area contributed by atoms with Crippen LogP contribution in [0.25, 0.3) is 0 Å². The summed E-state index contributed by atoms with van der Waals surface area (Å²) in [6.45, 7) is 18.6. The first-order valence-electron chi connectivity index (χ1n) is 6.52. The Morgan fingerprint density at radius 3 is 2.00 bits per heavy atom. The molecular weight excluding hydrogens is 194 g/mol. The van der Waals surface area contributed by atoms with Crippen LogP contribution in [-0.2, 0) is 0 Å². The first-order valence-corrected chi connectivity index (χ1v) is 6.52. The van der Waals surface area contributed by atoms with Crippen LogP contribution in [0, 0.1) is 10.8 Å². The molecule has 96 valence electrons. The van der Waals surface area contributed by atoms with Crippen LogP contribution >= 0.6 is 0 Å². The minimum absolute atomic E-state index is 0.452. The van der Waals surface area contributed by atoms with Gasteiger partial charge in [-0.3, -0.25) is 0 Å². The van der Waals surface area contributed by atoms with Crippen LogP contribution in [0.4, 0.5) is 0 Å². The molecule has 0 bridgehead atoms. The normalized spacial score (nSPS) is 12.6. The highest BCUT2D eigenvalue weighted by Crippen LogP contribution is 2.30. The monoisotopic (exact) mass is 225 g/mol. The lowest BCUT2D eigenvalue weighted by atomic mass is 9.80. The second-order valence-corrected chi connectivity index (χ2v) is 7.04. The number of hydrogen-bond acceptors (Lipinski definition) is 1. The quantitative estimate of drug-likeness (QED) is 0.660. The van der Waals surface area contributed by atoms with Gasteiger partial charge in [0, 0.05) is 12.2 Å². The molecule has 0 amide bonds. The van der Waals surface area contributed by atoms with Crippen molar-refractivity contribution in [2.24, 2.45) is 10.8 Å². The van der Waals surface area contributed by atoms with E-state index in [1.165, 1.54) is 25.7 Å². The molecule has 1 nitrogen and oxygen atoms in total. The van der Waals surface area contributed by atoms with Gasteiger partial charge in [0.1, 0.15) is 0 Å². The molecule has 0 aromatic heterocycles. The van der Waals surface area contributed by atoms with Crippen molar-refractivity contribution in [3.63, 3.8) is 0 Å². The highest BCUT2D eigenvalue weighted by Gasteiger charge is 2.18. The number of allylic oxidation sites excluding steroid dienone is 1. The van der Waals surface area contributed by atoms with E-state index in [-0.39, 0.29) is 0 Å². The summed E-state index contributed by atoms with van der Waals surface area (Å²) in [5, 5.41) is 3.31. The molecule has 0 aromatic carbocycles. The lowest BCUT2D eigenvalue weighted by molar-refractivity contribution is 0.265. The van der Waals surface area contributed by atoms with Crippen LogP contribution in [-0.4, -0.2) is 6.54 Å². The summed E-state index contributed by atoms with van der Waals surface area (Å²) < 4.78 is 0. The summed E-state index contributed by atoms with van der Waals surface area (Å²) in [6.07, 6.45) is 5.21. The van der Waals surface area contributed by atoms with E-state index < -0.39 is 0 Å². The molecule has 0 aliphatic carbocycles. The Morgan fingerprint density at radius 2 is 1.56 bits per heavy atom. The van der Waals surface area contributed by atoms with Crippen LogP contribution in [0.5, 0.6) is 0 Å². The van der Waals surface area contributed by atoms with Gasteiger partial charge in [0.25, 0.3) is 0 Å². The molecule has 0 saturated heterocycles. The summed E-state index contributed by atoms with van der Waals surface area (Å²) in [4.78, 5) is 0. The first-order chi connectivity index (χ1) is 7.12. The van der Waals surface area contributed by atoms with Gasteiger partial charge < -0.3 is 5.32 Å². The zero-order valence-electron chi connectivity index (χ0n) is 12.2. The minimum Gasteiger partial charge on any atom is -0.389 e. The van der Waals surface area contributed by atoms with E-state index in [1.54, 1.807) is 0 Å². The molecular formula is C15H31N. The predicted octanol–water partition coefficient (Wildman–Crippen LogP) is 4.74. The lowest BCUT2D eigenvalue weighted by Gasteiger charge is -2.27. The summed E-state index contributed by atoms with van der Waals surface area (Å²) in [6, 6.07) is 0. The van der Waals surface area contributed by atoms with Crippen LogP contribution < -0.4 is 5.32 Å². The molecule has 0 fully saturated rings. The van der Waals surface area contributed by atoms with E-state index in [0.717, 1.165) is 12.2 Å². The Morgan fingerprint density at radius 1 is 1.00 bits per heavy atom. The zero-order valence-corrected chi connectivity index (χ0v) is 12.2. The van der Waals surface area contributed by atoms with Crippen LogP contribution in [0.3, 0.4) is 0 Å². The SMILES string of the molecule is C=C(C)NCCC(C)(C)CCCC(C)(C)C. The largest absolute Gasteiger partial charge is 0.389 e. The fraction of sp³-hybridized carbons (Fsp3) is 0.867. The maximum atomic E-state index is 3.86. The highest BCUT2D eigenvalue weighted by atomic mass is 14.9. The first kappa shape index (κ1) is 15.5. The van der Waals surface area contributed by atoms with E-state index in [9.17, 15) is 0 Å². The second kappa shape index (κ2) is 6.32. The average Bonchev–Trinajstić information content (AvgIpc) is 1.99. The van der Waals surface area contributed by atoms with Crippen molar-refractivity contribution in [2.45, 2.75) is 67.2 Å². The van der Waals surface area contributed by atoms with Crippen molar-refractivity contribution in [3.8, 4) is 0 Å². The van der Waals surface area contributed by atoms with Crippen molar-refractivity contribution >= 4 is 0 Å². The maximum Gasteiger partial charge on any atom is 0.0148 e. The minimum atomic E-state index is 0.452. The van der Waals surface area contributed by atoms with Gasteiger partial charge >= 0.3 is 0 Å². The maximum absolute atomic E-state index is 3.86. The molecule has 0 atom stereocenters. The van der Waals surface area contributed by atoms with Crippen molar-refractivity contribution in [1.82, 2.24) is 5.32 Å². The molecule has 0 spiro atoms. The van der Waals surface area contributed by atoms with Crippen LogP contribution in [0.1, 0.15) is 67.2 Å². The molecule has 1 heteroatoms. The Hall–Kier alpha value is -0.460. The molecule has 1 N–H and O–H groups in total. The van der Waals surface area contributed by atoms with E-state index in [2.05, 4.69) is 46.5 Å². The van der Waals surface area contributed by atoms with Crippen molar-refractivity contribution in [3.05, 3.63) is 12.3 Å².